The van der Waals surface area contributed by atoms with E-state index in [1.165, 1.54) is 5.56 Å². The first kappa shape index (κ1) is 25.6. The maximum atomic E-state index is 13.4. The molecule has 6 rings (SSSR count). The van der Waals surface area contributed by atoms with Gasteiger partial charge in [0.15, 0.2) is 0 Å². The van der Waals surface area contributed by atoms with Gasteiger partial charge in [0.2, 0.25) is 0 Å². The number of piperidine rings is 1. The van der Waals surface area contributed by atoms with E-state index in [0.29, 0.717) is 11.8 Å². The number of benzene rings is 3. The van der Waals surface area contributed by atoms with Crippen molar-refractivity contribution in [3.63, 3.8) is 0 Å². The lowest BCUT2D eigenvalue weighted by Gasteiger charge is -2.33. The van der Waals surface area contributed by atoms with Crippen LogP contribution in [0.4, 0.5) is 4.39 Å². The molecule has 0 aliphatic carbocycles. The van der Waals surface area contributed by atoms with E-state index in [4.69, 9.17) is 0 Å². The molecule has 0 N–H and O–H groups in total. The Hall–Kier alpha value is -3.02. The zero-order chi connectivity index (χ0) is 25.6. The smallest absolute Gasteiger partial charge is 0.254 e. The molecule has 2 fully saturated rings. The molecule has 2 aliphatic rings. The van der Waals surface area contributed by atoms with Crippen LogP contribution in [0.1, 0.15) is 46.7 Å². The summed E-state index contributed by atoms with van der Waals surface area (Å²) in [6.07, 6.45) is 3.32. The maximum absolute atomic E-state index is 13.4. The topological polar surface area (TPSA) is 23.6 Å². The molecule has 1 atom stereocenters. The van der Waals surface area contributed by atoms with Crippen LogP contribution in [0.25, 0.3) is 10.8 Å². The Morgan fingerprint density at radius 2 is 1.62 bits per heavy atom. The first-order chi connectivity index (χ1) is 18.1. The van der Waals surface area contributed by atoms with E-state index >= 15 is 0 Å². The first-order valence-corrected chi connectivity index (χ1v) is 14.3. The Kier molecular flexibility index (Phi) is 8.32. The molecule has 5 heteroatoms. The Morgan fingerprint density at radius 1 is 0.892 bits per heavy atom. The summed E-state index contributed by atoms with van der Waals surface area (Å²) >= 11 is 1.71. The summed E-state index contributed by atoms with van der Waals surface area (Å²) in [5.74, 6) is 1.08. The van der Waals surface area contributed by atoms with Crippen molar-refractivity contribution in [2.45, 2.75) is 32.1 Å². The number of nitrogens with zero attached hydrogens (tertiary/aromatic N) is 2. The summed E-state index contributed by atoms with van der Waals surface area (Å²) in [5, 5.41) is 6.27. The van der Waals surface area contributed by atoms with E-state index in [1.807, 2.05) is 54.1 Å². The Morgan fingerprint density at radius 3 is 2.32 bits per heavy atom. The summed E-state index contributed by atoms with van der Waals surface area (Å²) in [4.78, 5) is 18.0. The van der Waals surface area contributed by atoms with Crippen LogP contribution in [0.5, 0.6) is 0 Å². The molecule has 2 aliphatic heterocycles. The second-order valence-electron chi connectivity index (χ2n) is 10.3. The van der Waals surface area contributed by atoms with Gasteiger partial charge in [-0.05, 0) is 95.9 Å². The van der Waals surface area contributed by atoms with Crippen LogP contribution in [0.3, 0.4) is 0 Å². The van der Waals surface area contributed by atoms with Gasteiger partial charge < -0.3 is 9.80 Å². The van der Waals surface area contributed by atoms with Crippen molar-refractivity contribution >= 4 is 28.0 Å². The minimum Gasteiger partial charge on any atom is -0.338 e. The molecule has 192 valence electrons. The minimum atomic E-state index is -0.162. The van der Waals surface area contributed by atoms with E-state index in [9.17, 15) is 9.18 Å². The summed E-state index contributed by atoms with van der Waals surface area (Å²) in [6, 6.07) is 23.4. The SMILES string of the molecule is Cc1ccc2ccccc2c1C(=O)N1CC[C@H](CN2CCC(c3ccc(F)cc3)CC2)C1.c1ccsc1. The molecule has 0 radical (unpaired) electrons. The molecule has 0 spiro atoms. The molecule has 4 aromatic rings. The zero-order valence-corrected chi connectivity index (χ0v) is 22.3. The number of halogens is 1. The van der Waals surface area contributed by atoms with Crippen molar-refractivity contribution in [2.24, 2.45) is 5.92 Å². The molecule has 0 unspecified atom stereocenters. The second-order valence-corrected chi connectivity index (χ2v) is 11.1. The summed E-state index contributed by atoms with van der Waals surface area (Å²) in [7, 11) is 0. The lowest BCUT2D eigenvalue weighted by Crippen LogP contribution is -2.38. The van der Waals surface area contributed by atoms with Gasteiger partial charge in [0.05, 0.1) is 5.56 Å². The minimum absolute atomic E-state index is 0.162. The van der Waals surface area contributed by atoms with Gasteiger partial charge in [0.25, 0.3) is 5.91 Å². The molecule has 3 heterocycles. The van der Waals surface area contributed by atoms with E-state index in [2.05, 4.69) is 34.1 Å². The summed E-state index contributed by atoms with van der Waals surface area (Å²) < 4.78 is 13.2. The molecule has 0 saturated carbocycles. The molecule has 1 amide bonds. The monoisotopic (exact) mass is 514 g/mol. The van der Waals surface area contributed by atoms with Gasteiger partial charge in [-0.25, -0.2) is 4.39 Å². The van der Waals surface area contributed by atoms with Crippen LogP contribution in [0.15, 0.2) is 83.6 Å². The van der Waals surface area contributed by atoms with Gasteiger partial charge >= 0.3 is 0 Å². The van der Waals surface area contributed by atoms with Crippen LogP contribution >= 0.6 is 11.3 Å². The van der Waals surface area contributed by atoms with Gasteiger partial charge in [0, 0.05) is 19.6 Å². The molecule has 0 bridgehead atoms. The highest BCUT2D eigenvalue weighted by Gasteiger charge is 2.31. The summed E-state index contributed by atoms with van der Waals surface area (Å²) in [5.41, 5.74) is 3.18. The number of hydrogen-bond acceptors (Lipinski definition) is 3. The third-order valence-corrected chi connectivity index (χ3v) is 8.42. The first-order valence-electron chi connectivity index (χ1n) is 13.3. The number of thiophene rings is 1. The number of hydrogen-bond donors (Lipinski definition) is 0. The van der Waals surface area contributed by atoms with E-state index in [0.717, 1.165) is 73.9 Å². The number of likely N-dealkylation sites (tertiary alicyclic amines) is 2. The lowest BCUT2D eigenvalue weighted by molar-refractivity contribution is 0.0783. The molecule has 37 heavy (non-hydrogen) atoms. The van der Waals surface area contributed by atoms with Gasteiger partial charge in [0.1, 0.15) is 5.82 Å². The highest BCUT2D eigenvalue weighted by atomic mass is 32.1. The van der Waals surface area contributed by atoms with E-state index in [1.54, 1.807) is 23.5 Å². The number of aryl methyl sites for hydroxylation is 1. The van der Waals surface area contributed by atoms with Crippen molar-refractivity contribution in [1.82, 2.24) is 9.80 Å². The zero-order valence-electron chi connectivity index (χ0n) is 21.5. The third-order valence-electron chi connectivity index (χ3n) is 7.80. The standard InChI is InChI=1S/C28H31FN2O.C4H4S/c1-20-6-7-24-4-2-3-5-26(24)27(20)28(32)31-17-12-21(19-31)18-30-15-13-23(14-16-30)22-8-10-25(29)11-9-22;1-2-4-5-3-1/h2-11,21,23H,12-19H2,1H3;1-4H/t21-;/m1./s1. The van der Waals surface area contributed by atoms with Crippen LogP contribution < -0.4 is 0 Å². The van der Waals surface area contributed by atoms with Crippen molar-refractivity contribution in [3.8, 4) is 0 Å². The maximum Gasteiger partial charge on any atom is 0.254 e. The molecular formula is C32H35FN2OS. The fourth-order valence-electron chi connectivity index (χ4n) is 5.76. The lowest BCUT2D eigenvalue weighted by atomic mass is 9.89. The van der Waals surface area contributed by atoms with Gasteiger partial charge in [-0.1, -0.05) is 60.7 Å². The van der Waals surface area contributed by atoms with Gasteiger partial charge in [-0.2, -0.15) is 11.3 Å². The van der Waals surface area contributed by atoms with Crippen LogP contribution in [-0.2, 0) is 0 Å². The Labute approximate surface area is 223 Å². The number of carbonyl (C=O) groups is 1. The van der Waals surface area contributed by atoms with Crippen LogP contribution in [0.2, 0.25) is 0 Å². The van der Waals surface area contributed by atoms with E-state index < -0.39 is 0 Å². The largest absolute Gasteiger partial charge is 0.338 e. The number of fused-ring (bicyclic) bond motifs is 1. The molecule has 1 aromatic heterocycles. The quantitative estimate of drug-likeness (QED) is 0.284. The fraction of sp³-hybridized carbons (Fsp3) is 0.344. The Bertz CT molecular complexity index is 1280. The molecule has 3 aromatic carbocycles. The van der Waals surface area contributed by atoms with Crippen molar-refractivity contribution < 1.29 is 9.18 Å². The third kappa shape index (κ3) is 6.28. The van der Waals surface area contributed by atoms with E-state index in [-0.39, 0.29) is 11.7 Å². The second kappa shape index (κ2) is 12.0. The molecular weight excluding hydrogens is 479 g/mol. The van der Waals surface area contributed by atoms with Crippen LogP contribution in [0, 0.1) is 18.7 Å². The molecule has 3 nitrogen and oxygen atoms in total. The summed E-state index contributed by atoms with van der Waals surface area (Å²) in [6.45, 7) is 6.95. The average Bonchev–Trinajstić information content (AvgIpc) is 3.65. The fourth-order valence-corrected chi connectivity index (χ4v) is 6.22. The normalized spacial score (nSPS) is 18.5. The van der Waals surface area contributed by atoms with Crippen molar-refractivity contribution in [2.75, 3.05) is 32.7 Å². The van der Waals surface area contributed by atoms with Crippen molar-refractivity contribution in [3.05, 3.63) is 106 Å². The van der Waals surface area contributed by atoms with Gasteiger partial charge in [-0.3, -0.25) is 4.79 Å². The number of rotatable bonds is 4. The predicted molar refractivity (Wildman–Crippen MR) is 152 cm³/mol. The predicted octanol–water partition coefficient (Wildman–Crippen LogP) is 7.38. The van der Waals surface area contributed by atoms with Crippen molar-refractivity contribution in [1.29, 1.82) is 0 Å². The number of carbonyl (C=O) groups excluding carboxylic acids is 1. The Balaban J connectivity index is 0.000000503. The number of amides is 1. The highest BCUT2D eigenvalue weighted by Crippen LogP contribution is 2.30. The average molecular weight is 515 g/mol. The van der Waals surface area contributed by atoms with Gasteiger partial charge in [-0.15, -0.1) is 0 Å². The van der Waals surface area contributed by atoms with Crippen LogP contribution in [-0.4, -0.2) is 48.4 Å². The highest BCUT2D eigenvalue weighted by molar-refractivity contribution is 7.07. The molecule has 2 saturated heterocycles.